The van der Waals surface area contributed by atoms with Crippen molar-refractivity contribution >= 4 is 74.5 Å². The van der Waals surface area contributed by atoms with Gasteiger partial charge in [0.05, 0.1) is 0 Å². The monoisotopic (exact) mass is 445 g/mol. The summed E-state index contributed by atoms with van der Waals surface area (Å²) >= 11 is 23.4. The number of thiocarbonyl (C=S) groups is 1. The molecule has 146 valence electrons. The SMILES string of the molecule is CCCCCC(=O)NC(NC(=S)Nc1cccc2ccccc12)C(Cl)(Cl)Cl. The molecule has 0 heterocycles. The number of hydrogen-bond donors (Lipinski definition) is 3. The molecular weight excluding hydrogens is 425 g/mol. The third kappa shape index (κ3) is 7.00. The van der Waals surface area contributed by atoms with Gasteiger partial charge in [0.2, 0.25) is 9.70 Å². The van der Waals surface area contributed by atoms with Crippen molar-refractivity contribution in [3.63, 3.8) is 0 Å². The molecule has 0 aliphatic heterocycles. The lowest BCUT2D eigenvalue weighted by Gasteiger charge is -2.28. The van der Waals surface area contributed by atoms with Gasteiger partial charge in [-0.1, -0.05) is 91.0 Å². The molecule has 27 heavy (non-hydrogen) atoms. The van der Waals surface area contributed by atoms with Crippen molar-refractivity contribution in [2.45, 2.75) is 42.6 Å². The van der Waals surface area contributed by atoms with Gasteiger partial charge in [0, 0.05) is 17.5 Å². The number of nitrogens with one attached hydrogen (secondary N) is 3. The molecule has 0 aromatic heterocycles. The van der Waals surface area contributed by atoms with E-state index in [1.165, 1.54) is 0 Å². The van der Waals surface area contributed by atoms with Crippen LogP contribution in [0.5, 0.6) is 0 Å². The number of fused-ring (bicyclic) bond motifs is 1. The molecule has 8 heteroatoms. The Morgan fingerprint density at radius 1 is 1.07 bits per heavy atom. The maximum absolute atomic E-state index is 12.1. The van der Waals surface area contributed by atoms with Crippen molar-refractivity contribution in [2.24, 2.45) is 0 Å². The minimum absolute atomic E-state index is 0.194. The number of amides is 1. The van der Waals surface area contributed by atoms with Crippen LogP contribution in [-0.4, -0.2) is 21.0 Å². The first-order chi connectivity index (χ1) is 12.8. The summed E-state index contributed by atoms with van der Waals surface area (Å²) in [6.07, 6.45) is 2.20. The Hall–Kier alpha value is -1.27. The van der Waals surface area contributed by atoms with E-state index in [-0.39, 0.29) is 11.0 Å². The molecule has 0 aliphatic carbocycles. The van der Waals surface area contributed by atoms with Crippen LogP contribution in [0.4, 0.5) is 5.69 Å². The van der Waals surface area contributed by atoms with Crippen LogP contribution in [0.25, 0.3) is 10.8 Å². The molecule has 0 radical (unpaired) electrons. The largest absolute Gasteiger partial charge is 0.339 e. The molecule has 0 spiro atoms. The van der Waals surface area contributed by atoms with Crippen molar-refractivity contribution < 1.29 is 4.79 Å². The molecule has 1 atom stereocenters. The molecule has 0 bridgehead atoms. The molecule has 0 aliphatic rings. The molecule has 2 rings (SSSR count). The second-order valence-electron chi connectivity index (χ2n) is 6.12. The summed E-state index contributed by atoms with van der Waals surface area (Å²) in [7, 11) is 0. The van der Waals surface area contributed by atoms with Gasteiger partial charge in [-0.2, -0.15) is 0 Å². The summed E-state index contributed by atoms with van der Waals surface area (Å²) in [5.41, 5.74) is 0.822. The number of benzene rings is 2. The van der Waals surface area contributed by atoms with Gasteiger partial charge in [-0.05, 0) is 30.1 Å². The summed E-state index contributed by atoms with van der Waals surface area (Å²) in [6.45, 7) is 2.07. The van der Waals surface area contributed by atoms with Crippen LogP contribution in [-0.2, 0) is 4.79 Å². The van der Waals surface area contributed by atoms with Gasteiger partial charge in [0.15, 0.2) is 5.11 Å². The minimum Gasteiger partial charge on any atom is -0.339 e. The van der Waals surface area contributed by atoms with Crippen molar-refractivity contribution in [1.29, 1.82) is 0 Å². The minimum atomic E-state index is -1.76. The maximum atomic E-state index is 12.1. The van der Waals surface area contributed by atoms with E-state index in [1.54, 1.807) is 0 Å². The molecule has 1 unspecified atom stereocenters. The highest BCUT2D eigenvalue weighted by atomic mass is 35.6. The molecule has 0 saturated carbocycles. The van der Waals surface area contributed by atoms with Gasteiger partial charge >= 0.3 is 0 Å². The quantitative estimate of drug-likeness (QED) is 0.227. The number of unbranched alkanes of at least 4 members (excludes halogenated alkanes) is 2. The van der Waals surface area contributed by atoms with Crippen LogP contribution < -0.4 is 16.0 Å². The van der Waals surface area contributed by atoms with E-state index in [9.17, 15) is 4.79 Å². The van der Waals surface area contributed by atoms with Gasteiger partial charge in [0.1, 0.15) is 6.17 Å². The molecule has 1 amide bonds. The number of halogens is 3. The van der Waals surface area contributed by atoms with Gasteiger partial charge in [-0.15, -0.1) is 0 Å². The zero-order valence-electron chi connectivity index (χ0n) is 14.9. The van der Waals surface area contributed by atoms with E-state index in [4.69, 9.17) is 47.0 Å². The number of carbonyl (C=O) groups is 1. The Labute approximate surface area is 179 Å². The van der Waals surface area contributed by atoms with Crippen molar-refractivity contribution in [2.75, 3.05) is 5.32 Å². The summed E-state index contributed by atoms with van der Waals surface area (Å²) in [5, 5.41) is 11.0. The predicted molar refractivity (Wildman–Crippen MR) is 120 cm³/mol. The predicted octanol–water partition coefficient (Wildman–Crippen LogP) is 5.52. The summed E-state index contributed by atoms with van der Waals surface area (Å²) in [6, 6.07) is 13.8. The van der Waals surface area contributed by atoms with Crippen LogP contribution in [0.15, 0.2) is 42.5 Å². The lowest BCUT2D eigenvalue weighted by atomic mass is 10.1. The summed E-state index contributed by atoms with van der Waals surface area (Å²) in [4.78, 5) is 12.1. The topological polar surface area (TPSA) is 53.2 Å². The Bertz CT molecular complexity index is 790. The zero-order valence-corrected chi connectivity index (χ0v) is 18.0. The number of alkyl halides is 3. The van der Waals surface area contributed by atoms with Crippen LogP contribution in [0.1, 0.15) is 32.6 Å². The Morgan fingerprint density at radius 3 is 2.48 bits per heavy atom. The lowest BCUT2D eigenvalue weighted by molar-refractivity contribution is -0.122. The second kappa shape index (κ2) is 10.3. The van der Waals surface area contributed by atoms with Crippen molar-refractivity contribution in [3.8, 4) is 0 Å². The first-order valence-electron chi connectivity index (χ1n) is 8.72. The van der Waals surface area contributed by atoms with E-state index >= 15 is 0 Å². The fourth-order valence-electron chi connectivity index (χ4n) is 2.59. The molecule has 0 saturated heterocycles. The first kappa shape index (κ1) is 22.0. The number of hydrogen-bond acceptors (Lipinski definition) is 2. The van der Waals surface area contributed by atoms with Crippen molar-refractivity contribution in [3.05, 3.63) is 42.5 Å². The Balaban J connectivity index is 2.04. The molecule has 3 N–H and O–H groups in total. The molecule has 4 nitrogen and oxygen atoms in total. The van der Waals surface area contributed by atoms with E-state index in [0.717, 1.165) is 35.7 Å². The van der Waals surface area contributed by atoms with Gasteiger partial charge < -0.3 is 16.0 Å². The number of carbonyl (C=O) groups excluding carboxylic acids is 1. The fraction of sp³-hybridized carbons (Fsp3) is 0.368. The van der Waals surface area contributed by atoms with E-state index in [2.05, 4.69) is 22.9 Å². The molecule has 0 fully saturated rings. The van der Waals surface area contributed by atoms with Crippen LogP contribution in [0.3, 0.4) is 0 Å². The highest BCUT2D eigenvalue weighted by Gasteiger charge is 2.34. The fourth-order valence-corrected chi connectivity index (χ4v) is 3.15. The average molecular weight is 447 g/mol. The molecular formula is C19H22Cl3N3OS. The smallest absolute Gasteiger partial charge is 0.228 e. The Kier molecular flexibility index (Phi) is 8.42. The van der Waals surface area contributed by atoms with Gasteiger partial charge in [0.25, 0.3) is 0 Å². The van der Waals surface area contributed by atoms with E-state index in [0.29, 0.717) is 6.42 Å². The summed E-state index contributed by atoms with van der Waals surface area (Å²) in [5.74, 6) is -0.194. The zero-order chi connectivity index (χ0) is 19.9. The Morgan fingerprint density at radius 2 is 1.78 bits per heavy atom. The van der Waals surface area contributed by atoms with E-state index in [1.807, 2.05) is 42.5 Å². The third-order valence-corrected chi connectivity index (χ3v) is 4.83. The normalized spacial score (nSPS) is 12.4. The first-order valence-corrected chi connectivity index (χ1v) is 10.3. The maximum Gasteiger partial charge on any atom is 0.228 e. The highest BCUT2D eigenvalue weighted by molar-refractivity contribution is 7.80. The number of rotatable bonds is 7. The molecule has 2 aromatic rings. The van der Waals surface area contributed by atoms with Crippen LogP contribution >= 0.6 is 47.0 Å². The van der Waals surface area contributed by atoms with Gasteiger partial charge in [-0.25, -0.2) is 0 Å². The molecule has 2 aromatic carbocycles. The highest BCUT2D eigenvalue weighted by Crippen LogP contribution is 2.29. The van der Waals surface area contributed by atoms with Gasteiger partial charge in [-0.3, -0.25) is 4.79 Å². The lowest BCUT2D eigenvalue weighted by Crippen LogP contribution is -2.56. The average Bonchev–Trinajstić information content (AvgIpc) is 2.61. The van der Waals surface area contributed by atoms with Crippen molar-refractivity contribution in [1.82, 2.24) is 10.6 Å². The van der Waals surface area contributed by atoms with Crippen LogP contribution in [0.2, 0.25) is 0 Å². The van der Waals surface area contributed by atoms with E-state index < -0.39 is 9.96 Å². The second-order valence-corrected chi connectivity index (χ2v) is 8.90. The standard InChI is InChI=1S/C19H22Cl3N3OS/c1-2-3-4-12-16(26)24-17(19(20,21)22)25-18(27)23-15-11-7-9-13-8-5-6-10-14(13)15/h5-11,17H,2-4,12H2,1H3,(H,24,26)(H2,23,25,27). The summed E-state index contributed by atoms with van der Waals surface area (Å²) < 4.78 is -1.76. The number of anilines is 1. The third-order valence-electron chi connectivity index (χ3n) is 3.95. The van der Waals surface area contributed by atoms with Crippen LogP contribution in [0, 0.1) is 0 Å².